The van der Waals surface area contributed by atoms with Gasteiger partial charge >= 0.3 is 0 Å². The number of hydrogen-bond donors (Lipinski definition) is 2. The number of likely N-dealkylation sites (tertiary alicyclic amines) is 1. The van der Waals surface area contributed by atoms with Gasteiger partial charge in [0.1, 0.15) is 5.69 Å². The molecule has 3 heterocycles. The molecule has 0 aliphatic carbocycles. The van der Waals surface area contributed by atoms with E-state index >= 15 is 0 Å². The lowest BCUT2D eigenvalue weighted by atomic mass is 9.73. The van der Waals surface area contributed by atoms with Gasteiger partial charge < -0.3 is 10.6 Å². The average molecular weight is 395 g/mol. The van der Waals surface area contributed by atoms with Crippen molar-refractivity contribution in [2.45, 2.75) is 19.3 Å². The molecule has 28 heavy (non-hydrogen) atoms. The predicted molar refractivity (Wildman–Crippen MR) is 109 cm³/mol. The van der Waals surface area contributed by atoms with E-state index in [9.17, 15) is 9.59 Å². The first-order chi connectivity index (χ1) is 13.6. The number of benzene rings is 1. The van der Waals surface area contributed by atoms with Gasteiger partial charge in [-0.15, -0.1) is 11.3 Å². The molecular formula is C21H22N4O2S. The number of carbonyl (C=O) groups excluding carboxylic acids is 2. The summed E-state index contributed by atoms with van der Waals surface area (Å²) in [6, 6.07) is 13.9. The largest absolute Gasteiger partial charge is 0.369 e. The van der Waals surface area contributed by atoms with E-state index in [0.717, 1.165) is 22.4 Å². The first-order valence-corrected chi connectivity index (χ1v) is 10.2. The Balaban J connectivity index is 1.64. The minimum absolute atomic E-state index is 0.144. The van der Waals surface area contributed by atoms with Gasteiger partial charge in [-0.25, -0.2) is 0 Å². The van der Waals surface area contributed by atoms with Crippen LogP contribution < -0.4 is 5.73 Å². The molecule has 2 aromatic heterocycles. The Morgan fingerprint density at radius 1 is 1.21 bits per heavy atom. The summed E-state index contributed by atoms with van der Waals surface area (Å²) in [7, 11) is 0. The Hall–Kier alpha value is -2.93. The van der Waals surface area contributed by atoms with Crippen molar-refractivity contribution in [2.24, 2.45) is 11.1 Å². The number of primary amides is 1. The Kier molecular flexibility index (Phi) is 5.00. The first-order valence-electron chi connectivity index (χ1n) is 9.29. The number of nitrogens with zero attached hydrogens (tertiary/aromatic N) is 2. The number of piperidine rings is 1. The van der Waals surface area contributed by atoms with Crippen LogP contribution in [0.4, 0.5) is 0 Å². The summed E-state index contributed by atoms with van der Waals surface area (Å²) in [6.45, 7) is 0.929. The highest BCUT2D eigenvalue weighted by Gasteiger charge is 2.43. The van der Waals surface area contributed by atoms with Crippen LogP contribution in [0.2, 0.25) is 0 Å². The lowest BCUT2D eigenvalue weighted by Crippen LogP contribution is -2.53. The summed E-state index contributed by atoms with van der Waals surface area (Å²) < 4.78 is 0. The molecule has 4 rings (SSSR count). The number of hydrogen-bond acceptors (Lipinski definition) is 4. The minimum Gasteiger partial charge on any atom is -0.369 e. The number of thiophene rings is 1. The average Bonchev–Trinajstić information content (AvgIpc) is 3.42. The van der Waals surface area contributed by atoms with Crippen molar-refractivity contribution >= 4 is 23.2 Å². The maximum absolute atomic E-state index is 12.8. The summed E-state index contributed by atoms with van der Waals surface area (Å²) in [5.41, 5.74) is 7.76. The van der Waals surface area contributed by atoms with Gasteiger partial charge in [-0.2, -0.15) is 5.10 Å². The van der Waals surface area contributed by atoms with Crippen LogP contribution in [0.1, 0.15) is 28.9 Å². The lowest BCUT2D eigenvalue weighted by molar-refractivity contribution is -0.130. The van der Waals surface area contributed by atoms with Crippen LogP contribution in [0.3, 0.4) is 0 Å². The van der Waals surface area contributed by atoms with Crippen LogP contribution in [-0.4, -0.2) is 40.0 Å². The zero-order valence-corrected chi connectivity index (χ0v) is 16.2. The van der Waals surface area contributed by atoms with Crippen molar-refractivity contribution in [1.29, 1.82) is 0 Å². The van der Waals surface area contributed by atoms with Gasteiger partial charge in [-0.05, 0) is 47.9 Å². The van der Waals surface area contributed by atoms with Crippen LogP contribution >= 0.6 is 11.3 Å². The fourth-order valence-corrected chi connectivity index (χ4v) is 4.78. The fraction of sp³-hybridized carbons (Fsp3) is 0.286. The molecule has 0 spiro atoms. The molecule has 1 saturated heterocycles. The molecule has 7 heteroatoms. The zero-order valence-electron chi connectivity index (χ0n) is 15.4. The summed E-state index contributed by atoms with van der Waals surface area (Å²) in [5, 5.41) is 8.61. The first kappa shape index (κ1) is 18.4. The third-order valence-electron chi connectivity index (χ3n) is 5.45. The quantitative estimate of drug-likeness (QED) is 0.696. The van der Waals surface area contributed by atoms with Crippen LogP contribution in [0.5, 0.6) is 0 Å². The third-order valence-corrected chi connectivity index (χ3v) is 6.35. The molecule has 0 saturated carbocycles. The summed E-state index contributed by atoms with van der Waals surface area (Å²) >= 11 is 1.67. The van der Waals surface area contributed by atoms with Gasteiger partial charge in [0.05, 0.1) is 5.41 Å². The monoisotopic (exact) mass is 394 g/mol. The Bertz CT molecular complexity index is 968. The smallest absolute Gasteiger partial charge is 0.271 e. The van der Waals surface area contributed by atoms with Crippen molar-refractivity contribution in [3.05, 3.63) is 65.3 Å². The highest BCUT2D eigenvalue weighted by molar-refractivity contribution is 7.13. The van der Waals surface area contributed by atoms with Crippen LogP contribution in [0, 0.1) is 5.41 Å². The van der Waals surface area contributed by atoms with E-state index in [-0.39, 0.29) is 11.8 Å². The van der Waals surface area contributed by atoms with Gasteiger partial charge in [0, 0.05) is 24.2 Å². The second-order valence-electron chi connectivity index (χ2n) is 7.26. The van der Waals surface area contributed by atoms with Gasteiger partial charge in [0.25, 0.3) is 5.91 Å². The summed E-state index contributed by atoms with van der Waals surface area (Å²) in [4.78, 5) is 28.3. The van der Waals surface area contributed by atoms with Gasteiger partial charge in [-0.1, -0.05) is 30.3 Å². The number of nitrogens with two attached hydrogens (primary N) is 1. The normalized spacial score (nSPS) is 19.5. The number of nitrogens with one attached hydrogen (secondary N) is 1. The molecule has 3 aromatic rings. The standard InChI is InChI=1S/C21H22N4O2S/c22-20(27)21(9-4-11-25(14-21)19(26)17-8-10-23-24-17)13-15-5-1-2-6-16(15)18-7-3-12-28-18/h1-3,5-8,10,12H,4,9,11,13-14H2,(H2,22,27)(H,23,24). The number of carbonyl (C=O) groups is 2. The molecule has 144 valence electrons. The highest BCUT2D eigenvalue weighted by atomic mass is 32.1. The van der Waals surface area contributed by atoms with E-state index in [1.165, 1.54) is 0 Å². The van der Waals surface area contributed by atoms with Gasteiger partial charge in [0.15, 0.2) is 0 Å². The predicted octanol–water partition coefficient (Wildman–Crippen LogP) is 3.09. The molecular weight excluding hydrogens is 372 g/mol. The summed E-state index contributed by atoms with van der Waals surface area (Å²) in [5.74, 6) is -0.495. The number of aromatic nitrogens is 2. The molecule has 0 radical (unpaired) electrons. The number of aromatic amines is 1. The Morgan fingerprint density at radius 2 is 2.07 bits per heavy atom. The maximum Gasteiger partial charge on any atom is 0.271 e. The van der Waals surface area contributed by atoms with Crippen molar-refractivity contribution < 1.29 is 9.59 Å². The molecule has 1 aliphatic rings. The number of amides is 2. The number of rotatable bonds is 5. The molecule has 6 nitrogen and oxygen atoms in total. The fourth-order valence-electron chi connectivity index (χ4n) is 3.99. The van der Waals surface area contributed by atoms with Crippen molar-refractivity contribution in [2.75, 3.05) is 13.1 Å². The van der Waals surface area contributed by atoms with Crippen LogP contribution in [0.15, 0.2) is 54.0 Å². The van der Waals surface area contributed by atoms with Gasteiger partial charge in [0.2, 0.25) is 5.91 Å². The van der Waals surface area contributed by atoms with E-state index in [1.807, 2.05) is 23.6 Å². The summed E-state index contributed by atoms with van der Waals surface area (Å²) in [6.07, 6.45) is 3.48. The Labute approximate surface area is 167 Å². The third kappa shape index (κ3) is 3.45. The second kappa shape index (κ2) is 7.59. The molecule has 3 N–H and O–H groups in total. The highest BCUT2D eigenvalue weighted by Crippen LogP contribution is 2.38. The van der Waals surface area contributed by atoms with E-state index in [0.29, 0.717) is 31.6 Å². The molecule has 0 bridgehead atoms. The SMILES string of the molecule is NC(=O)C1(Cc2ccccc2-c2cccs2)CCCN(C(=O)c2ccn[nH]2)C1. The van der Waals surface area contributed by atoms with E-state index in [4.69, 9.17) is 5.73 Å². The molecule has 1 aliphatic heterocycles. The molecule has 1 fully saturated rings. The van der Waals surface area contributed by atoms with E-state index in [1.54, 1.807) is 28.5 Å². The zero-order chi connectivity index (χ0) is 19.6. The maximum atomic E-state index is 12.8. The Morgan fingerprint density at radius 3 is 2.79 bits per heavy atom. The van der Waals surface area contributed by atoms with Crippen LogP contribution in [0.25, 0.3) is 10.4 Å². The van der Waals surface area contributed by atoms with Crippen molar-refractivity contribution in [3.8, 4) is 10.4 Å². The van der Waals surface area contributed by atoms with Crippen molar-refractivity contribution in [1.82, 2.24) is 15.1 Å². The molecule has 2 amide bonds. The topological polar surface area (TPSA) is 92.1 Å². The second-order valence-corrected chi connectivity index (χ2v) is 8.20. The molecule has 1 aromatic carbocycles. The molecule has 1 atom stereocenters. The van der Waals surface area contributed by atoms with Crippen molar-refractivity contribution in [3.63, 3.8) is 0 Å². The van der Waals surface area contributed by atoms with E-state index in [2.05, 4.69) is 28.4 Å². The van der Waals surface area contributed by atoms with Gasteiger partial charge in [-0.3, -0.25) is 14.7 Å². The minimum atomic E-state index is -0.776. The van der Waals surface area contributed by atoms with E-state index < -0.39 is 5.41 Å². The lowest BCUT2D eigenvalue weighted by Gasteiger charge is -2.41. The molecule has 1 unspecified atom stereocenters. The van der Waals surface area contributed by atoms with Crippen LogP contribution in [-0.2, 0) is 11.2 Å². The number of H-pyrrole nitrogens is 1.